The van der Waals surface area contributed by atoms with E-state index in [0.717, 1.165) is 11.3 Å². The third-order valence-corrected chi connectivity index (χ3v) is 4.38. The van der Waals surface area contributed by atoms with Crippen LogP contribution in [0, 0.1) is 6.92 Å². The first kappa shape index (κ1) is 16.8. The zero-order chi connectivity index (χ0) is 15.9. The number of anilines is 1. The van der Waals surface area contributed by atoms with Crippen LogP contribution in [0.4, 0.5) is 5.69 Å². The number of nitrogens with one attached hydrogen (secondary N) is 1. The molecule has 0 saturated heterocycles. The lowest BCUT2D eigenvalue weighted by Crippen LogP contribution is -2.15. The largest absolute Gasteiger partial charge is 0.383 e. The number of hydrogen-bond acceptors (Lipinski definition) is 5. The molecule has 0 saturated carbocycles. The summed E-state index contributed by atoms with van der Waals surface area (Å²) in [6.45, 7) is 3.09. The summed E-state index contributed by atoms with van der Waals surface area (Å²) >= 11 is 7.37. The van der Waals surface area contributed by atoms with Crippen molar-refractivity contribution < 1.29 is 9.53 Å². The number of methoxy groups -OCH3 is 1. The molecule has 1 aromatic heterocycles. The highest BCUT2D eigenvalue weighted by Crippen LogP contribution is 2.23. The molecule has 0 aliphatic carbocycles. The molecule has 0 fully saturated rings. The topological polar surface area (TPSA) is 69.0 Å². The summed E-state index contributed by atoms with van der Waals surface area (Å²) in [5.74, 6) is 0.133. The number of nitrogens with zero attached hydrogens (tertiary/aromatic N) is 3. The van der Waals surface area contributed by atoms with E-state index in [2.05, 4.69) is 15.5 Å². The summed E-state index contributed by atoms with van der Waals surface area (Å²) in [7, 11) is 1.64. The molecule has 1 heterocycles. The summed E-state index contributed by atoms with van der Waals surface area (Å²) in [4.78, 5) is 12.0. The quantitative estimate of drug-likeness (QED) is 0.785. The van der Waals surface area contributed by atoms with Crippen LogP contribution in [-0.2, 0) is 16.1 Å². The van der Waals surface area contributed by atoms with Crippen LogP contribution >= 0.6 is 23.4 Å². The minimum absolute atomic E-state index is 0.114. The van der Waals surface area contributed by atoms with E-state index in [-0.39, 0.29) is 11.7 Å². The van der Waals surface area contributed by atoms with Crippen molar-refractivity contribution in [1.82, 2.24) is 14.8 Å². The maximum atomic E-state index is 12.0. The molecular formula is C14H17ClN4O2S. The van der Waals surface area contributed by atoms with Gasteiger partial charge in [-0.25, -0.2) is 0 Å². The maximum absolute atomic E-state index is 12.0. The van der Waals surface area contributed by atoms with Crippen LogP contribution < -0.4 is 5.32 Å². The zero-order valence-electron chi connectivity index (χ0n) is 12.4. The van der Waals surface area contributed by atoms with Gasteiger partial charge in [-0.3, -0.25) is 4.79 Å². The van der Waals surface area contributed by atoms with E-state index in [1.54, 1.807) is 25.6 Å². The van der Waals surface area contributed by atoms with E-state index in [9.17, 15) is 4.79 Å². The van der Waals surface area contributed by atoms with Gasteiger partial charge in [-0.15, -0.1) is 10.2 Å². The Bertz CT molecular complexity index is 648. The molecular weight excluding hydrogens is 324 g/mol. The molecule has 0 unspecified atom stereocenters. The van der Waals surface area contributed by atoms with Gasteiger partial charge in [0.05, 0.1) is 12.4 Å². The first-order valence-corrected chi connectivity index (χ1v) is 8.02. The number of ether oxygens (including phenoxy) is 1. The summed E-state index contributed by atoms with van der Waals surface area (Å²) in [6.07, 6.45) is 1.63. The minimum atomic E-state index is -0.114. The van der Waals surface area contributed by atoms with Gasteiger partial charge < -0.3 is 14.6 Å². The first-order valence-electron chi connectivity index (χ1n) is 6.66. The fourth-order valence-corrected chi connectivity index (χ4v) is 2.67. The Kier molecular flexibility index (Phi) is 6.23. The van der Waals surface area contributed by atoms with Crippen LogP contribution in [0.25, 0.3) is 0 Å². The Morgan fingerprint density at radius 2 is 2.32 bits per heavy atom. The molecule has 0 radical (unpaired) electrons. The standard InChI is InChI=1S/C14H17ClN4O2S/c1-10-11(15)4-3-5-12(10)17-13(20)8-22-14-18-16-9-19(14)6-7-21-2/h3-5,9H,6-8H2,1-2H3,(H,17,20). The normalized spacial score (nSPS) is 10.7. The molecule has 0 spiro atoms. The average molecular weight is 341 g/mol. The summed E-state index contributed by atoms with van der Waals surface area (Å²) in [5, 5.41) is 12.0. The number of hydrogen-bond donors (Lipinski definition) is 1. The van der Waals surface area contributed by atoms with Crippen molar-refractivity contribution in [2.24, 2.45) is 0 Å². The third kappa shape index (κ3) is 4.46. The molecule has 2 aromatic rings. The van der Waals surface area contributed by atoms with Gasteiger partial charge in [0.25, 0.3) is 0 Å². The first-order chi connectivity index (χ1) is 10.6. The SMILES string of the molecule is COCCn1cnnc1SCC(=O)Nc1cccc(Cl)c1C. The van der Waals surface area contributed by atoms with Gasteiger partial charge in [0, 0.05) is 24.4 Å². The number of thioether (sulfide) groups is 1. The monoisotopic (exact) mass is 340 g/mol. The number of benzene rings is 1. The molecule has 0 atom stereocenters. The lowest BCUT2D eigenvalue weighted by atomic mass is 10.2. The second kappa shape index (κ2) is 8.17. The van der Waals surface area contributed by atoms with E-state index < -0.39 is 0 Å². The predicted molar refractivity (Wildman–Crippen MR) is 87.4 cm³/mol. The molecule has 0 aliphatic heterocycles. The van der Waals surface area contributed by atoms with E-state index in [1.165, 1.54) is 11.8 Å². The Morgan fingerprint density at radius 3 is 3.09 bits per heavy atom. The maximum Gasteiger partial charge on any atom is 0.234 e. The average Bonchev–Trinajstić information content (AvgIpc) is 2.95. The smallest absolute Gasteiger partial charge is 0.234 e. The lowest BCUT2D eigenvalue weighted by molar-refractivity contribution is -0.113. The van der Waals surface area contributed by atoms with Crippen LogP contribution in [-0.4, -0.2) is 40.1 Å². The second-order valence-corrected chi connectivity index (χ2v) is 5.90. The second-order valence-electron chi connectivity index (χ2n) is 4.55. The highest BCUT2D eigenvalue weighted by molar-refractivity contribution is 7.99. The predicted octanol–water partition coefficient (Wildman–Crippen LogP) is 2.62. The molecule has 6 nitrogen and oxygen atoms in total. The number of halogens is 1. The van der Waals surface area contributed by atoms with Gasteiger partial charge in [0.15, 0.2) is 5.16 Å². The molecule has 2 rings (SSSR count). The Hall–Kier alpha value is -1.57. The molecule has 118 valence electrons. The zero-order valence-corrected chi connectivity index (χ0v) is 13.9. The van der Waals surface area contributed by atoms with E-state index >= 15 is 0 Å². The third-order valence-electron chi connectivity index (χ3n) is 2.99. The van der Waals surface area contributed by atoms with Crippen LogP contribution in [0.5, 0.6) is 0 Å². The summed E-state index contributed by atoms with van der Waals surface area (Å²) in [6, 6.07) is 5.42. The Morgan fingerprint density at radius 1 is 1.50 bits per heavy atom. The van der Waals surface area contributed by atoms with Crippen molar-refractivity contribution in [3.63, 3.8) is 0 Å². The van der Waals surface area contributed by atoms with E-state index in [0.29, 0.717) is 23.3 Å². The van der Waals surface area contributed by atoms with Gasteiger partial charge in [0.1, 0.15) is 6.33 Å². The molecule has 1 N–H and O–H groups in total. The molecule has 0 bridgehead atoms. The molecule has 1 amide bonds. The summed E-state index contributed by atoms with van der Waals surface area (Å²) < 4.78 is 6.87. The van der Waals surface area contributed by atoms with Crippen molar-refractivity contribution in [1.29, 1.82) is 0 Å². The van der Waals surface area contributed by atoms with Crippen LogP contribution in [0.15, 0.2) is 29.7 Å². The van der Waals surface area contributed by atoms with Crippen molar-refractivity contribution >= 4 is 35.0 Å². The van der Waals surface area contributed by atoms with Gasteiger partial charge in [0.2, 0.25) is 5.91 Å². The fraction of sp³-hybridized carbons (Fsp3) is 0.357. The fourth-order valence-electron chi connectivity index (χ4n) is 1.76. The van der Waals surface area contributed by atoms with E-state index in [4.69, 9.17) is 16.3 Å². The van der Waals surface area contributed by atoms with Crippen LogP contribution in [0.3, 0.4) is 0 Å². The van der Waals surface area contributed by atoms with E-state index in [1.807, 2.05) is 17.6 Å². The molecule has 8 heteroatoms. The minimum Gasteiger partial charge on any atom is -0.383 e. The van der Waals surface area contributed by atoms with Gasteiger partial charge >= 0.3 is 0 Å². The van der Waals surface area contributed by atoms with Gasteiger partial charge in [-0.05, 0) is 24.6 Å². The van der Waals surface area contributed by atoms with Gasteiger partial charge in [-0.1, -0.05) is 29.4 Å². The Labute approximate surface area is 138 Å². The Balaban J connectivity index is 1.90. The highest BCUT2D eigenvalue weighted by atomic mass is 35.5. The van der Waals surface area contributed by atoms with Gasteiger partial charge in [-0.2, -0.15) is 0 Å². The van der Waals surface area contributed by atoms with Crippen molar-refractivity contribution in [2.45, 2.75) is 18.6 Å². The highest BCUT2D eigenvalue weighted by Gasteiger charge is 2.10. The number of carbonyl (C=O) groups is 1. The number of rotatable bonds is 7. The van der Waals surface area contributed by atoms with Crippen molar-refractivity contribution in [3.05, 3.63) is 35.1 Å². The number of amides is 1. The van der Waals surface area contributed by atoms with Crippen molar-refractivity contribution in [3.8, 4) is 0 Å². The summed E-state index contributed by atoms with van der Waals surface area (Å²) in [5.41, 5.74) is 1.57. The van der Waals surface area contributed by atoms with Crippen molar-refractivity contribution in [2.75, 3.05) is 24.8 Å². The molecule has 1 aromatic carbocycles. The number of carbonyl (C=O) groups excluding carboxylic acids is 1. The number of aromatic nitrogens is 3. The molecule has 0 aliphatic rings. The van der Waals surface area contributed by atoms with Crippen LogP contribution in [0.2, 0.25) is 5.02 Å². The lowest BCUT2D eigenvalue weighted by Gasteiger charge is -2.09. The van der Waals surface area contributed by atoms with Crippen LogP contribution in [0.1, 0.15) is 5.56 Å². The molecule has 22 heavy (non-hydrogen) atoms.